The summed E-state index contributed by atoms with van der Waals surface area (Å²) in [5.74, 6) is 0. The molecule has 0 heterocycles. The molecule has 166 valence electrons. The number of hydrogen-bond acceptors (Lipinski definition) is 4. The van der Waals surface area contributed by atoms with Crippen molar-refractivity contribution in [3.8, 4) is 0 Å². The first-order chi connectivity index (χ1) is 13.6. The molecule has 2 unspecified atom stereocenters. The van der Waals surface area contributed by atoms with E-state index >= 15 is 0 Å². The lowest BCUT2D eigenvalue weighted by molar-refractivity contribution is -0.189. The molecule has 0 aromatic heterocycles. The molecule has 28 heavy (non-hydrogen) atoms. The van der Waals surface area contributed by atoms with Gasteiger partial charge in [-0.2, -0.15) is 0 Å². The highest BCUT2D eigenvalue weighted by Gasteiger charge is 2.50. The van der Waals surface area contributed by atoms with E-state index in [1.165, 1.54) is 6.42 Å². The highest BCUT2D eigenvalue weighted by atomic mass is 16.7. The molecule has 0 aromatic carbocycles. The van der Waals surface area contributed by atoms with Gasteiger partial charge in [-0.1, -0.05) is 59.8 Å². The Balaban J connectivity index is 3.24. The van der Waals surface area contributed by atoms with Gasteiger partial charge in [0.2, 0.25) is 0 Å². The Morgan fingerprint density at radius 3 is 1.86 bits per heavy atom. The Labute approximate surface area is 173 Å². The van der Waals surface area contributed by atoms with Crippen molar-refractivity contribution < 1.29 is 14.6 Å². The number of carboxylic acid groups (broad SMARTS) is 1. The Hall–Kier alpha value is -0.810. The summed E-state index contributed by atoms with van der Waals surface area (Å²) in [5.41, 5.74) is -0.685. The maximum Gasteiger partial charge on any atom is 0.507 e. The molecule has 1 saturated carbocycles. The van der Waals surface area contributed by atoms with Crippen LogP contribution in [0.5, 0.6) is 0 Å². The van der Waals surface area contributed by atoms with E-state index in [1.807, 2.05) is 0 Å². The van der Waals surface area contributed by atoms with Gasteiger partial charge in [0.15, 0.2) is 5.72 Å². The van der Waals surface area contributed by atoms with Crippen molar-refractivity contribution in [1.29, 1.82) is 0 Å². The topological polar surface area (TPSA) is 53.0 Å². The molecular weight excluding hydrogens is 352 g/mol. The molecule has 1 N–H and O–H groups in total. The largest absolute Gasteiger partial charge is 0.507 e. The maximum absolute atomic E-state index is 11.9. The van der Waals surface area contributed by atoms with E-state index in [2.05, 4.69) is 37.5 Å². The maximum atomic E-state index is 11.9. The molecular formula is C23H46N2O3. The summed E-state index contributed by atoms with van der Waals surface area (Å²) in [6.45, 7) is 12.8. The van der Waals surface area contributed by atoms with Crippen LogP contribution in [0.2, 0.25) is 0 Å². The van der Waals surface area contributed by atoms with Gasteiger partial charge in [-0.15, -0.1) is 0 Å². The fourth-order valence-electron chi connectivity index (χ4n) is 4.61. The van der Waals surface area contributed by atoms with Gasteiger partial charge in [-0.25, -0.2) is 4.79 Å². The molecule has 1 rings (SSSR count). The minimum Gasteiger partial charge on any atom is -0.450 e. The molecule has 0 aliphatic heterocycles. The Bertz CT molecular complexity index is 403. The second-order valence-electron chi connectivity index (χ2n) is 8.41. The first-order valence-electron chi connectivity index (χ1n) is 12.0. The molecule has 1 aliphatic carbocycles. The third kappa shape index (κ3) is 7.55. The van der Waals surface area contributed by atoms with Crippen molar-refractivity contribution in [3.05, 3.63) is 0 Å². The van der Waals surface area contributed by atoms with Crippen LogP contribution in [-0.2, 0) is 4.74 Å². The monoisotopic (exact) mass is 398 g/mol. The molecule has 0 amide bonds. The zero-order valence-corrected chi connectivity index (χ0v) is 19.0. The molecule has 5 heteroatoms. The standard InChI is InChI=1S/C23H46N2O3/c1-5-9-17-24(18-10-6-2)21-15-13-14-16-23(21,28-22(26)27)25(19-11-7-3)20-12-8-4/h21H,5-20H2,1-4H3,(H,26,27). The van der Waals surface area contributed by atoms with Gasteiger partial charge in [0.1, 0.15) is 0 Å². The minimum atomic E-state index is -1.11. The van der Waals surface area contributed by atoms with Gasteiger partial charge >= 0.3 is 6.16 Å². The Kier molecular flexibility index (Phi) is 12.8. The van der Waals surface area contributed by atoms with E-state index < -0.39 is 11.9 Å². The summed E-state index contributed by atoms with van der Waals surface area (Å²) in [5, 5.41) is 9.71. The Morgan fingerprint density at radius 1 is 0.893 bits per heavy atom. The van der Waals surface area contributed by atoms with Gasteiger partial charge in [-0.3, -0.25) is 9.80 Å². The van der Waals surface area contributed by atoms with Crippen LogP contribution in [0.1, 0.15) is 105 Å². The van der Waals surface area contributed by atoms with Crippen LogP contribution in [0.3, 0.4) is 0 Å². The van der Waals surface area contributed by atoms with Gasteiger partial charge < -0.3 is 9.84 Å². The molecule has 0 saturated heterocycles. The third-order valence-corrected chi connectivity index (χ3v) is 6.18. The second-order valence-corrected chi connectivity index (χ2v) is 8.41. The van der Waals surface area contributed by atoms with E-state index in [-0.39, 0.29) is 6.04 Å². The minimum absolute atomic E-state index is 0.171. The summed E-state index contributed by atoms with van der Waals surface area (Å²) in [4.78, 5) is 16.8. The quantitative estimate of drug-likeness (QED) is 0.266. The molecule has 0 spiro atoms. The van der Waals surface area contributed by atoms with Crippen LogP contribution >= 0.6 is 0 Å². The number of carbonyl (C=O) groups is 1. The van der Waals surface area contributed by atoms with Crippen molar-refractivity contribution in [2.45, 2.75) is 117 Å². The SMILES string of the molecule is CCCCN(CCCC)C1CCCCC1(OC(=O)O)N(CCCC)CCCC. The molecule has 1 fully saturated rings. The van der Waals surface area contributed by atoms with Gasteiger partial charge in [0.25, 0.3) is 0 Å². The zero-order chi connectivity index (χ0) is 20.8. The van der Waals surface area contributed by atoms with Gasteiger partial charge in [0, 0.05) is 19.5 Å². The number of hydrogen-bond donors (Lipinski definition) is 1. The van der Waals surface area contributed by atoms with E-state index in [0.29, 0.717) is 0 Å². The number of ether oxygens (including phenoxy) is 1. The van der Waals surface area contributed by atoms with Crippen molar-refractivity contribution in [3.63, 3.8) is 0 Å². The highest BCUT2D eigenvalue weighted by molar-refractivity contribution is 5.57. The van der Waals surface area contributed by atoms with Crippen LogP contribution in [0.4, 0.5) is 4.79 Å². The van der Waals surface area contributed by atoms with E-state index in [0.717, 1.165) is 96.8 Å². The van der Waals surface area contributed by atoms with Gasteiger partial charge in [-0.05, 0) is 51.6 Å². The summed E-state index contributed by atoms with van der Waals surface area (Å²) >= 11 is 0. The first kappa shape index (κ1) is 25.2. The van der Waals surface area contributed by atoms with Crippen LogP contribution in [0, 0.1) is 0 Å². The van der Waals surface area contributed by atoms with E-state index in [4.69, 9.17) is 4.74 Å². The third-order valence-electron chi connectivity index (χ3n) is 6.18. The van der Waals surface area contributed by atoms with Gasteiger partial charge in [0.05, 0.1) is 6.04 Å². The van der Waals surface area contributed by atoms with Crippen molar-refractivity contribution in [2.75, 3.05) is 26.2 Å². The molecule has 5 nitrogen and oxygen atoms in total. The summed E-state index contributed by atoms with van der Waals surface area (Å²) in [6, 6.07) is 0.171. The molecule has 2 atom stereocenters. The van der Waals surface area contributed by atoms with E-state index in [1.54, 1.807) is 0 Å². The molecule has 0 bridgehead atoms. The molecule has 1 aliphatic rings. The normalized spacial score (nSPS) is 22.7. The second kappa shape index (κ2) is 14.2. The summed E-state index contributed by atoms with van der Waals surface area (Å²) in [6.07, 6.45) is 12.0. The van der Waals surface area contributed by atoms with Crippen molar-refractivity contribution in [2.24, 2.45) is 0 Å². The van der Waals surface area contributed by atoms with Crippen molar-refractivity contribution >= 4 is 6.16 Å². The van der Waals surface area contributed by atoms with Crippen LogP contribution in [-0.4, -0.2) is 59.0 Å². The summed E-state index contributed by atoms with van der Waals surface area (Å²) in [7, 11) is 0. The average molecular weight is 399 g/mol. The average Bonchev–Trinajstić information content (AvgIpc) is 2.68. The van der Waals surface area contributed by atoms with E-state index in [9.17, 15) is 9.90 Å². The first-order valence-corrected chi connectivity index (χ1v) is 12.0. The lowest BCUT2D eigenvalue weighted by Gasteiger charge is -2.53. The highest BCUT2D eigenvalue weighted by Crippen LogP contribution is 2.39. The number of unbranched alkanes of at least 4 members (excludes halogenated alkanes) is 4. The molecule has 0 aromatic rings. The number of rotatable bonds is 15. The number of nitrogens with zero attached hydrogens (tertiary/aromatic N) is 2. The molecule has 0 radical (unpaired) electrons. The fraction of sp³-hybridized carbons (Fsp3) is 0.957. The lowest BCUT2D eigenvalue weighted by Crippen LogP contribution is -2.66. The zero-order valence-electron chi connectivity index (χ0n) is 19.0. The predicted molar refractivity (Wildman–Crippen MR) is 117 cm³/mol. The van der Waals surface area contributed by atoms with Crippen LogP contribution in [0.25, 0.3) is 0 Å². The van der Waals surface area contributed by atoms with Crippen LogP contribution < -0.4 is 0 Å². The predicted octanol–water partition coefficient (Wildman–Crippen LogP) is 6.12. The fourth-order valence-corrected chi connectivity index (χ4v) is 4.61. The Morgan fingerprint density at radius 2 is 1.39 bits per heavy atom. The lowest BCUT2D eigenvalue weighted by atomic mass is 9.83. The van der Waals surface area contributed by atoms with Crippen LogP contribution in [0.15, 0.2) is 0 Å². The smallest absolute Gasteiger partial charge is 0.450 e. The van der Waals surface area contributed by atoms with Crippen molar-refractivity contribution in [1.82, 2.24) is 9.80 Å². The summed E-state index contributed by atoms with van der Waals surface area (Å²) < 4.78 is 5.89.